The van der Waals surface area contributed by atoms with E-state index in [0.717, 1.165) is 5.56 Å². The van der Waals surface area contributed by atoms with Crippen LogP contribution in [0, 0.1) is 0 Å². The minimum absolute atomic E-state index is 0.0211. The Balaban J connectivity index is 2.16. The number of ether oxygens (including phenoxy) is 2. The maximum Gasteiger partial charge on any atom is 0.254 e. The molecule has 0 saturated heterocycles. The van der Waals surface area contributed by atoms with Crippen LogP contribution in [-0.2, 0) is 6.54 Å². The minimum atomic E-state index is -0.125. The average molecular weight is 382 g/mol. The molecule has 0 saturated carbocycles. The summed E-state index contributed by atoms with van der Waals surface area (Å²) in [5, 5.41) is 0.960. The van der Waals surface area contributed by atoms with Gasteiger partial charge in [0.15, 0.2) is 11.5 Å². The number of rotatable bonds is 6. The number of halogens is 2. The molecule has 2 aromatic rings. The first-order valence-corrected chi connectivity index (χ1v) is 8.61. The summed E-state index contributed by atoms with van der Waals surface area (Å²) in [6.07, 6.45) is 0.0211. The van der Waals surface area contributed by atoms with Crippen molar-refractivity contribution in [2.75, 3.05) is 14.2 Å². The summed E-state index contributed by atoms with van der Waals surface area (Å²) in [6, 6.07) is 10.5. The van der Waals surface area contributed by atoms with Crippen molar-refractivity contribution in [3.05, 3.63) is 57.6 Å². The summed E-state index contributed by atoms with van der Waals surface area (Å²) in [4.78, 5) is 14.3. The quantitative estimate of drug-likeness (QED) is 0.701. The van der Waals surface area contributed by atoms with Crippen molar-refractivity contribution in [1.82, 2.24) is 4.90 Å². The Bertz CT molecular complexity index is 762. The van der Waals surface area contributed by atoms with Crippen LogP contribution in [0.3, 0.4) is 0 Å². The van der Waals surface area contributed by atoms with E-state index in [2.05, 4.69) is 0 Å². The van der Waals surface area contributed by atoms with Gasteiger partial charge in [-0.15, -0.1) is 0 Å². The molecule has 4 nitrogen and oxygen atoms in total. The zero-order chi connectivity index (χ0) is 18.6. The van der Waals surface area contributed by atoms with E-state index in [1.54, 1.807) is 49.4 Å². The van der Waals surface area contributed by atoms with Gasteiger partial charge in [0.1, 0.15) is 0 Å². The fourth-order valence-corrected chi connectivity index (χ4v) is 2.68. The lowest BCUT2D eigenvalue weighted by atomic mass is 10.1. The van der Waals surface area contributed by atoms with Crippen molar-refractivity contribution in [3.8, 4) is 11.5 Å². The highest BCUT2D eigenvalue weighted by molar-refractivity contribution is 6.42. The number of benzene rings is 2. The largest absolute Gasteiger partial charge is 0.493 e. The molecule has 0 bridgehead atoms. The molecule has 0 aliphatic heterocycles. The van der Waals surface area contributed by atoms with Gasteiger partial charge in [-0.05, 0) is 49.7 Å². The summed E-state index contributed by atoms with van der Waals surface area (Å²) in [5.74, 6) is 1.02. The van der Waals surface area contributed by atoms with Crippen molar-refractivity contribution in [3.63, 3.8) is 0 Å². The van der Waals surface area contributed by atoms with E-state index < -0.39 is 0 Å². The molecular weight excluding hydrogens is 361 g/mol. The van der Waals surface area contributed by atoms with E-state index >= 15 is 0 Å². The Labute approximate surface area is 158 Å². The molecular formula is C19H21Cl2NO3. The molecule has 0 fully saturated rings. The highest BCUT2D eigenvalue weighted by Crippen LogP contribution is 2.29. The third-order valence-electron chi connectivity index (χ3n) is 3.52. The van der Waals surface area contributed by atoms with Crippen molar-refractivity contribution in [2.45, 2.75) is 26.5 Å². The molecule has 0 aromatic heterocycles. The number of nitrogens with zero attached hydrogens (tertiary/aromatic N) is 1. The standard InChI is InChI=1S/C19H21Cl2NO3/c1-12(2)25-17-8-6-14(10-18(17)24-4)19(23)22(3)11-13-5-7-15(20)16(21)9-13/h5-10,12H,11H2,1-4H3. The van der Waals surface area contributed by atoms with E-state index in [1.165, 1.54) is 0 Å². The van der Waals surface area contributed by atoms with Gasteiger partial charge in [-0.25, -0.2) is 0 Å². The number of hydrogen-bond donors (Lipinski definition) is 0. The summed E-state index contributed by atoms with van der Waals surface area (Å²) in [6.45, 7) is 4.29. The van der Waals surface area contributed by atoms with Crippen LogP contribution in [-0.4, -0.2) is 31.1 Å². The summed E-state index contributed by atoms with van der Waals surface area (Å²) in [5.41, 5.74) is 1.42. The SMILES string of the molecule is COc1cc(C(=O)N(C)Cc2ccc(Cl)c(Cl)c2)ccc1OC(C)C. The Morgan fingerprint density at radius 2 is 1.80 bits per heavy atom. The van der Waals surface area contributed by atoms with Crippen molar-refractivity contribution in [2.24, 2.45) is 0 Å². The topological polar surface area (TPSA) is 38.8 Å². The van der Waals surface area contributed by atoms with E-state index in [0.29, 0.717) is 33.7 Å². The van der Waals surface area contributed by atoms with Crippen LogP contribution in [0.1, 0.15) is 29.8 Å². The Morgan fingerprint density at radius 1 is 1.08 bits per heavy atom. The fourth-order valence-electron chi connectivity index (χ4n) is 2.36. The van der Waals surface area contributed by atoms with Crippen molar-refractivity contribution < 1.29 is 14.3 Å². The summed E-state index contributed by atoms with van der Waals surface area (Å²) < 4.78 is 11.0. The Morgan fingerprint density at radius 3 is 2.40 bits per heavy atom. The number of hydrogen-bond acceptors (Lipinski definition) is 3. The van der Waals surface area contributed by atoms with E-state index in [-0.39, 0.29) is 12.0 Å². The molecule has 2 aromatic carbocycles. The first-order valence-electron chi connectivity index (χ1n) is 7.86. The molecule has 0 aliphatic carbocycles. The van der Waals surface area contributed by atoms with E-state index in [9.17, 15) is 4.79 Å². The first-order chi connectivity index (χ1) is 11.8. The van der Waals surface area contributed by atoms with Gasteiger partial charge in [0.2, 0.25) is 0 Å². The number of carbonyl (C=O) groups is 1. The maximum atomic E-state index is 12.7. The predicted molar refractivity (Wildman–Crippen MR) is 101 cm³/mol. The van der Waals surface area contributed by atoms with Crippen LogP contribution >= 0.6 is 23.2 Å². The Hall–Kier alpha value is -1.91. The molecule has 6 heteroatoms. The number of carbonyl (C=O) groups excluding carboxylic acids is 1. The third kappa shape index (κ3) is 5.03. The van der Waals surface area contributed by atoms with Crippen LogP contribution in [0.4, 0.5) is 0 Å². The second-order valence-electron chi connectivity index (χ2n) is 5.94. The molecule has 2 rings (SSSR count). The van der Waals surface area contributed by atoms with Crippen LogP contribution in [0.5, 0.6) is 11.5 Å². The highest BCUT2D eigenvalue weighted by Gasteiger charge is 2.16. The lowest BCUT2D eigenvalue weighted by Crippen LogP contribution is -2.26. The van der Waals surface area contributed by atoms with Crippen molar-refractivity contribution in [1.29, 1.82) is 0 Å². The molecule has 0 aliphatic rings. The second-order valence-corrected chi connectivity index (χ2v) is 6.76. The second kappa shape index (κ2) is 8.45. The zero-order valence-corrected chi connectivity index (χ0v) is 16.2. The smallest absolute Gasteiger partial charge is 0.254 e. The first kappa shape index (κ1) is 19.4. The summed E-state index contributed by atoms with van der Waals surface area (Å²) in [7, 11) is 3.28. The number of methoxy groups -OCH3 is 1. The molecule has 0 spiro atoms. The van der Waals surface area contributed by atoms with Gasteiger partial charge in [0.25, 0.3) is 5.91 Å². The van der Waals surface area contributed by atoms with Gasteiger partial charge in [0.05, 0.1) is 23.3 Å². The molecule has 0 N–H and O–H groups in total. The fraction of sp³-hybridized carbons (Fsp3) is 0.316. The van der Waals surface area contributed by atoms with Gasteiger partial charge in [-0.3, -0.25) is 4.79 Å². The molecule has 1 amide bonds. The molecule has 134 valence electrons. The van der Waals surface area contributed by atoms with Crippen LogP contribution < -0.4 is 9.47 Å². The highest BCUT2D eigenvalue weighted by atomic mass is 35.5. The lowest BCUT2D eigenvalue weighted by molar-refractivity contribution is 0.0784. The van der Waals surface area contributed by atoms with Gasteiger partial charge in [-0.1, -0.05) is 29.3 Å². The predicted octanol–water partition coefficient (Wildman–Crippen LogP) is 5.06. The van der Waals surface area contributed by atoms with Crippen LogP contribution in [0.25, 0.3) is 0 Å². The zero-order valence-electron chi connectivity index (χ0n) is 14.7. The maximum absolute atomic E-state index is 12.7. The lowest BCUT2D eigenvalue weighted by Gasteiger charge is -2.19. The molecule has 0 radical (unpaired) electrons. The normalized spacial score (nSPS) is 10.7. The van der Waals surface area contributed by atoms with Gasteiger partial charge >= 0.3 is 0 Å². The van der Waals surface area contributed by atoms with Crippen LogP contribution in [0.15, 0.2) is 36.4 Å². The third-order valence-corrected chi connectivity index (χ3v) is 4.26. The molecule has 0 atom stereocenters. The molecule has 0 heterocycles. The molecule has 0 unspecified atom stereocenters. The Kier molecular flexibility index (Phi) is 6.57. The van der Waals surface area contributed by atoms with E-state index in [4.69, 9.17) is 32.7 Å². The van der Waals surface area contributed by atoms with Gasteiger partial charge in [-0.2, -0.15) is 0 Å². The van der Waals surface area contributed by atoms with E-state index in [1.807, 2.05) is 19.9 Å². The monoisotopic (exact) mass is 381 g/mol. The molecule has 25 heavy (non-hydrogen) atoms. The van der Waals surface area contributed by atoms with Crippen LogP contribution in [0.2, 0.25) is 10.0 Å². The van der Waals surface area contributed by atoms with Gasteiger partial charge < -0.3 is 14.4 Å². The average Bonchev–Trinajstić information content (AvgIpc) is 2.57. The minimum Gasteiger partial charge on any atom is -0.493 e. The number of amides is 1. The summed E-state index contributed by atoms with van der Waals surface area (Å²) >= 11 is 11.9. The van der Waals surface area contributed by atoms with Crippen molar-refractivity contribution >= 4 is 29.1 Å². The van der Waals surface area contributed by atoms with Gasteiger partial charge in [0, 0.05) is 19.2 Å².